The van der Waals surface area contributed by atoms with Gasteiger partial charge in [-0.2, -0.15) is 0 Å². The van der Waals surface area contributed by atoms with Gasteiger partial charge < -0.3 is 5.32 Å². The third-order valence-corrected chi connectivity index (χ3v) is 6.56. The molecule has 4 heteroatoms. The van der Waals surface area contributed by atoms with Gasteiger partial charge in [0.05, 0.1) is 4.75 Å². The summed E-state index contributed by atoms with van der Waals surface area (Å²) in [6.45, 7) is 10.7. The Kier molecular flexibility index (Phi) is 6.00. The van der Waals surface area contributed by atoms with E-state index >= 15 is 0 Å². The largest absolute Gasteiger partial charge is 0.312 e. The second-order valence-corrected chi connectivity index (χ2v) is 9.11. The number of rotatable bonds is 7. The topological polar surface area (TPSA) is 46.2 Å². The fraction of sp³-hybridized carbons (Fsp3) is 0.647. The molecule has 1 aromatic rings. The van der Waals surface area contributed by atoms with Gasteiger partial charge in [-0.25, -0.2) is 8.42 Å². The van der Waals surface area contributed by atoms with Crippen LogP contribution in [0.15, 0.2) is 18.2 Å². The Morgan fingerprint density at radius 1 is 1.24 bits per heavy atom. The predicted molar refractivity (Wildman–Crippen MR) is 90.6 cm³/mol. The number of benzene rings is 1. The van der Waals surface area contributed by atoms with Crippen LogP contribution in [0.2, 0.25) is 0 Å². The summed E-state index contributed by atoms with van der Waals surface area (Å²) in [7, 11) is -3.14. The van der Waals surface area contributed by atoms with Crippen LogP contribution in [0, 0.1) is 13.8 Å². The highest BCUT2D eigenvalue weighted by molar-refractivity contribution is 7.92. The molecule has 0 heterocycles. The minimum Gasteiger partial charge on any atom is -0.312 e. The molecule has 0 aromatic heterocycles. The molecular weight excluding hydrogens is 282 g/mol. The molecule has 0 aliphatic heterocycles. The molecule has 0 fully saturated rings. The van der Waals surface area contributed by atoms with E-state index in [1.54, 1.807) is 0 Å². The van der Waals surface area contributed by atoms with Gasteiger partial charge in [0.1, 0.15) is 0 Å². The normalized spacial score (nSPS) is 14.2. The molecular formula is C17H29NO2S. The molecule has 120 valence electrons. The van der Waals surface area contributed by atoms with E-state index in [9.17, 15) is 8.42 Å². The Balaban J connectivity index is 3.12. The minimum atomic E-state index is -3.14. The molecule has 0 aliphatic rings. The van der Waals surface area contributed by atoms with Crippen molar-refractivity contribution in [3.8, 4) is 0 Å². The van der Waals surface area contributed by atoms with Crippen molar-refractivity contribution >= 4 is 9.84 Å². The van der Waals surface area contributed by atoms with Crippen molar-refractivity contribution in [2.75, 3.05) is 12.8 Å². The smallest absolute Gasteiger partial charge is 0.154 e. The average Bonchev–Trinajstić information content (AvgIpc) is 2.36. The van der Waals surface area contributed by atoms with Crippen molar-refractivity contribution in [2.45, 2.75) is 58.2 Å². The molecule has 1 atom stereocenters. The molecule has 1 rings (SSSR count). The standard InChI is InChI=1S/C17H29NO2S/c1-7-10-18-16(17(4,5)21(6,19)20)12-15-11-13(2)8-9-14(15)3/h8-9,11,16,18H,7,10,12H2,1-6H3. The maximum absolute atomic E-state index is 12.2. The van der Waals surface area contributed by atoms with Crippen molar-refractivity contribution in [1.82, 2.24) is 5.32 Å². The molecule has 3 nitrogen and oxygen atoms in total. The molecule has 0 saturated carbocycles. The lowest BCUT2D eigenvalue weighted by Crippen LogP contribution is -2.52. The van der Waals surface area contributed by atoms with Crippen molar-refractivity contribution < 1.29 is 8.42 Å². The van der Waals surface area contributed by atoms with E-state index in [-0.39, 0.29) is 6.04 Å². The highest BCUT2D eigenvalue weighted by atomic mass is 32.2. The zero-order chi connectivity index (χ0) is 16.3. The van der Waals surface area contributed by atoms with E-state index in [0.717, 1.165) is 19.4 Å². The number of sulfone groups is 1. The van der Waals surface area contributed by atoms with E-state index in [0.29, 0.717) is 0 Å². The Morgan fingerprint density at radius 3 is 2.38 bits per heavy atom. The molecule has 0 radical (unpaired) electrons. The van der Waals surface area contributed by atoms with Crippen LogP contribution in [0.4, 0.5) is 0 Å². The van der Waals surface area contributed by atoms with Gasteiger partial charge in [0, 0.05) is 12.3 Å². The van der Waals surface area contributed by atoms with Crippen molar-refractivity contribution in [3.05, 3.63) is 34.9 Å². The van der Waals surface area contributed by atoms with Gasteiger partial charge in [0.2, 0.25) is 0 Å². The summed E-state index contributed by atoms with van der Waals surface area (Å²) >= 11 is 0. The Labute approximate surface area is 130 Å². The van der Waals surface area contributed by atoms with E-state index < -0.39 is 14.6 Å². The first-order chi connectivity index (χ1) is 9.59. The monoisotopic (exact) mass is 311 g/mol. The van der Waals surface area contributed by atoms with E-state index in [4.69, 9.17) is 0 Å². The van der Waals surface area contributed by atoms with E-state index in [1.807, 2.05) is 13.8 Å². The number of hydrogen-bond donors (Lipinski definition) is 1. The molecule has 1 unspecified atom stereocenters. The van der Waals surface area contributed by atoms with Crippen LogP contribution < -0.4 is 5.32 Å². The summed E-state index contributed by atoms with van der Waals surface area (Å²) in [4.78, 5) is 0. The van der Waals surface area contributed by atoms with Gasteiger partial charge in [0.15, 0.2) is 9.84 Å². The Bertz CT molecular complexity index is 576. The lowest BCUT2D eigenvalue weighted by atomic mass is 9.92. The third-order valence-electron chi connectivity index (χ3n) is 4.36. The van der Waals surface area contributed by atoms with Crippen LogP contribution in [0.3, 0.4) is 0 Å². The Hall–Kier alpha value is -0.870. The second kappa shape index (κ2) is 6.93. The highest BCUT2D eigenvalue weighted by Gasteiger charge is 2.38. The lowest BCUT2D eigenvalue weighted by Gasteiger charge is -2.34. The van der Waals surface area contributed by atoms with Crippen molar-refractivity contribution in [1.29, 1.82) is 0 Å². The van der Waals surface area contributed by atoms with Crippen LogP contribution in [0.5, 0.6) is 0 Å². The van der Waals surface area contributed by atoms with E-state index in [2.05, 4.69) is 44.3 Å². The molecule has 0 spiro atoms. The Morgan fingerprint density at radius 2 is 1.86 bits per heavy atom. The minimum absolute atomic E-state index is 0.0899. The van der Waals surface area contributed by atoms with Crippen molar-refractivity contribution in [2.24, 2.45) is 0 Å². The predicted octanol–water partition coefficient (Wildman–Crippen LogP) is 3.04. The summed E-state index contributed by atoms with van der Waals surface area (Å²) in [5.41, 5.74) is 3.65. The SMILES string of the molecule is CCCNC(Cc1cc(C)ccc1C)C(C)(C)S(C)(=O)=O. The first-order valence-corrected chi connectivity index (χ1v) is 9.47. The number of nitrogens with one attached hydrogen (secondary N) is 1. The molecule has 0 aliphatic carbocycles. The van der Waals surface area contributed by atoms with Crippen molar-refractivity contribution in [3.63, 3.8) is 0 Å². The van der Waals surface area contributed by atoms with Gasteiger partial charge in [-0.3, -0.25) is 0 Å². The molecule has 0 saturated heterocycles. The summed E-state index contributed by atoms with van der Waals surface area (Å²) in [5, 5.41) is 3.43. The molecule has 0 amide bonds. The zero-order valence-electron chi connectivity index (χ0n) is 14.2. The van der Waals surface area contributed by atoms with Gasteiger partial charge >= 0.3 is 0 Å². The second-order valence-electron chi connectivity index (χ2n) is 6.52. The van der Waals surface area contributed by atoms with Crippen LogP contribution in [0.1, 0.15) is 43.9 Å². The first-order valence-electron chi connectivity index (χ1n) is 7.58. The number of hydrogen-bond acceptors (Lipinski definition) is 3. The van der Waals surface area contributed by atoms with Gasteiger partial charge in [-0.05, 0) is 58.2 Å². The van der Waals surface area contributed by atoms with Gasteiger partial charge in [-0.1, -0.05) is 30.7 Å². The summed E-state index contributed by atoms with van der Waals surface area (Å²) in [5.74, 6) is 0. The van der Waals surface area contributed by atoms with Gasteiger partial charge in [0.25, 0.3) is 0 Å². The van der Waals surface area contributed by atoms with E-state index in [1.165, 1.54) is 22.9 Å². The molecule has 0 bridgehead atoms. The van der Waals surface area contributed by atoms with Gasteiger partial charge in [-0.15, -0.1) is 0 Å². The third kappa shape index (κ3) is 4.55. The highest BCUT2D eigenvalue weighted by Crippen LogP contribution is 2.25. The summed E-state index contributed by atoms with van der Waals surface area (Å²) < 4.78 is 23.5. The average molecular weight is 311 g/mol. The maximum atomic E-state index is 12.2. The molecule has 1 aromatic carbocycles. The summed E-state index contributed by atoms with van der Waals surface area (Å²) in [6.07, 6.45) is 3.05. The molecule has 21 heavy (non-hydrogen) atoms. The van der Waals surface area contributed by atoms with Crippen LogP contribution >= 0.6 is 0 Å². The number of aryl methyl sites for hydroxylation is 2. The van der Waals surface area contributed by atoms with Crippen LogP contribution in [-0.2, 0) is 16.3 Å². The van der Waals surface area contributed by atoms with Crippen LogP contribution in [0.25, 0.3) is 0 Å². The lowest BCUT2D eigenvalue weighted by molar-refractivity contribution is 0.405. The van der Waals surface area contributed by atoms with Crippen LogP contribution in [-0.4, -0.2) is 32.0 Å². The first kappa shape index (κ1) is 18.2. The zero-order valence-corrected chi connectivity index (χ0v) is 15.0. The fourth-order valence-electron chi connectivity index (χ4n) is 2.38. The summed E-state index contributed by atoms with van der Waals surface area (Å²) in [6, 6.07) is 6.27. The molecule has 1 N–H and O–H groups in total. The maximum Gasteiger partial charge on any atom is 0.154 e. The quantitative estimate of drug-likeness (QED) is 0.842. The fourth-order valence-corrected chi connectivity index (χ4v) is 3.06.